The van der Waals surface area contributed by atoms with Crippen molar-refractivity contribution in [2.24, 2.45) is 5.92 Å². The second-order valence-electron chi connectivity index (χ2n) is 7.60. The Morgan fingerprint density at radius 2 is 1.79 bits per heavy atom. The van der Waals surface area contributed by atoms with Gasteiger partial charge in [-0.2, -0.15) is 0 Å². The fourth-order valence-corrected chi connectivity index (χ4v) is 4.02. The lowest BCUT2D eigenvalue weighted by Gasteiger charge is -2.28. The second-order valence-corrected chi connectivity index (χ2v) is 9.87. The van der Waals surface area contributed by atoms with Crippen LogP contribution in [0, 0.1) is 5.92 Å². The molecule has 1 fully saturated rings. The summed E-state index contributed by atoms with van der Waals surface area (Å²) in [6.45, 7) is 6.15. The molecule has 0 atom stereocenters. The molecule has 0 aliphatic heterocycles. The number of ether oxygens (including phenoxy) is 1. The molecule has 0 unspecified atom stereocenters. The maximum atomic E-state index is 12.4. The van der Waals surface area contributed by atoms with Gasteiger partial charge in [0.15, 0.2) is 0 Å². The first-order chi connectivity index (χ1) is 13.3. The number of carbonyl (C=O) groups excluding carboxylic acids is 1. The molecular weight excluding hydrogens is 378 g/mol. The van der Waals surface area contributed by atoms with Gasteiger partial charge < -0.3 is 4.74 Å². The summed E-state index contributed by atoms with van der Waals surface area (Å²) in [7, 11) is -3.27. The lowest BCUT2D eigenvalue weighted by Crippen LogP contribution is -2.43. The minimum absolute atomic E-state index is 0.0616. The lowest BCUT2D eigenvalue weighted by atomic mass is 9.86. The third-order valence-corrected chi connectivity index (χ3v) is 6.90. The number of benzene rings is 1. The molecule has 0 radical (unpaired) electrons. The molecule has 1 aliphatic rings. The standard InChI is InChI=1S/C20H33N3O4S/c1-4-5-14-27-19-12-10-17(11-13-19)21-22-20(24)16-6-8-18(9-7-16)23-28(25,26)15(2)3/h10-13,15-16,18,21,23H,4-9,14H2,1-3H3,(H,22,24). The first-order valence-corrected chi connectivity index (χ1v) is 11.7. The van der Waals surface area contributed by atoms with Crippen LogP contribution in [0.3, 0.4) is 0 Å². The summed E-state index contributed by atoms with van der Waals surface area (Å²) in [6.07, 6.45) is 4.81. The molecule has 0 bridgehead atoms. The van der Waals surface area contributed by atoms with Crippen molar-refractivity contribution in [3.8, 4) is 5.75 Å². The molecule has 0 heterocycles. The van der Waals surface area contributed by atoms with Crippen LogP contribution in [0.1, 0.15) is 59.3 Å². The Kier molecular flexibility index (Phi) is 8.57. The highest BCUT2D eigenvalue weighted by Gasteiger charge is 2.29. The number of sulfonamides is 1. The third kappa shape index (κ3) is 6.98. The van der Waals surface area contributed by atoms with Crippen LogP contribution >= 0.6 is 0 Å². The third-order valence-electron chi connectivity index (χ3n) is 5.00. The average molecular weight is 412 g/mol. The van der Waals surface area contributed by atoms with Gasteiger partial charge in [0.05, 0.1) is 17.5 Å². The summed E-state index contributed by atoms with van der Waals surface area (Å²) < 4.78 is 32.3. The van der Waals surface area contributed by atoms with Crippen molar-refractivity contribution >= 4 is 21.6 Å². The first-order valence-electron chi connectivity index (χ1n) is 10.1. The SMILES string of the molecule is CCCCOc1ccc(NNC(=O)C2CCC(NS(=O)(=O)C(C)C)CC2)cc1. The summed E-state index contributed by atoms with van der Waals surface area (Å²) in [5.41, 5.74) is 6.47. The predicted molar refractivity (Wildman–Crippen MR) is 112 cm³/mol. The predicted octanol–water partition coefficient (Wildman–Crippen LogP) is 3.20. The van der Waals surface area contributed by atoms with E-state index >= 15 is 0 Å². The number of carbonyl (C=O) groups is 1. The van der Waals surface area contributed by atoms with E-state index in [-0.39, 0.29) is 17.9 Å². The van der Waals surface area contributed by atoms with Crippen molar-refractivity contribution in [3.63, 3.8) is 0 Å². The smallest absolute Gasteiger partial charge is 0.241 e. The Balaban J connectivity index is 1.73. The highest BCUT2D eigenvalue weighted by molar-refractivity contribution is 7.90. The van der Waals surface area contributed by atoms with Gasteiger partial charge in [0, 0.05) is 12.0 Å². The van der Waals surface area contributed by atoms with Gasteiger partial charge in [-0.3, -0.25) is 15.6 Å². The van der Waals surface area contributed by atoms with Crippen molar-refractivity contribution in [1.29, 1.82) is 0 Å². The quantitative estimate of drug-likeness (QED) is 0.406. The van der Waals surface area contributed by atoms with Crippen LogP contribution in [0.4, 0.5) is 5.69 Å². The summed E-state index contributed by atoms with van der Waals surface area (Å²) in [5.74, 6) is 0.643. The van der Waals surface area contributed by atoms with E-state index in [0.29, 0.717) is 32.3 Å². The fraction of sp³-hybridized carbons (Fsp3) is 0.650. The molecule has 1 aliphatic carbocycles. The average Bonchev–Trinajstić information content (AvgIpc) is 2.67. The summed E-state index contributed by atoms with van der Waals surface area (Å²) >= 11 is 0. The van der Waals surface area contributed by atoms with Gasteiger partial charge in [0.2, 0.25) is 15.9 Å². The molecule has 1 aromatic carbocycles. The number of unbranched alkanes of at least 4 members (excludes halogenated alkanes) is 1. The Morgan fingerprint density at radius 3 is 2.36 bits per heavy atom. The zero-order valence-electron chi connectivity index (χ0n) is 17.0. The largest absolute Gasteiger partial charge is 0.494 e. The number of hydrogen-bond acceptors (Lipinski definition) is 5. The molecule has 0 aromatic heterocycles. The van der Waals surface area contributed by atoms with Crippen molar-refractivity contribution in [2.45, 2.75) is 70.6 Å². The van der Waals surface area contributed by atoms with Gasteiger partial charge in [-0.25, -0.2) is 13.1 Å². The van der Waals surface area contributed by atoms with Crippen LogP contribution < -0.4 is 20.3 Å². The number of hydrazine groups is 1. The monoisotopic (exact) mass is 411 g/mol. The van der Waals surface area contributed by atoms with E-state index in [4.69, 9.17) is 4.74 Å². The lowest BCUT2D eigenvalue weighted by molar-refractivity contribution is -0.125. The van der Waals surface area contributed by atoms with Crippen LogP contribution in [-0.4, -0.2) is 32.2 Å². The Labute approximate surface area is 168 Å². The molecule has 7 nitrogen and oxygen atoms in total. The topological polar surface area (TPSA) is 96.5 Å². The molecule has 1 aromatic rings. The molecular formula is C20H33N3O4S. The number of anilines is 1. The minimum atomic E-state index is -3.27. The molecule has 8 heteroatoms. The van der Waals surface area contributed by atoms with E-state index in [9.17, 15) is 13.2 Å². The van der Waals surface area contributed by atoms with Crippen LogP contribution in [0.15, 0.2) is 24.3 Å². The second kappa shape index (κ2) is 10.7. The van der Waals surface area contributed by atoms with Crippen LogP contribution in [0.2, 0.25) is 0 Å². The van der Waals surface area contributed by atoms with Gasteiger partial charge in [0.25, 0.3) is 0 Å². The number of hydrogen-bond donors (Lipinski definition) is 3. The van der Waals surface area contributed by atoms with Gasteiger partial charge in [0.1, 0.15) is 5.75 Å². The van der Waals surface area contributed by atoms with E-state index in [1.165, 1.54) is 0 Å². The van der Waals surface area contributed by atoms with Gasteiger partial charge >= 0.3 is 0 Å². The van der Waals surface area contributed by atoms with Crippen molar-refractivity contribution < 1.29 is 17.9 Å². The van der Waals surface area contributed by atoms with E-state index < -0.39 is 15.3 Å². The maximum Gasteiger partial charge on any atom is 0.241 e. The highest BCUT2D eigenvalue weighted by atomic mass is 32.2. The summed E-state index contributed by atoms with van der Waals surface area (Å²) in [5, 5.41) is -0.443. The number of amides is 1. The zero-order valence-corrected chi connectivity index (χ0v) is 17.8. The number of rotatable bonds is 10. The molecule has 1 amide bonds. The van der Waals surface area contributed by atoms with Crippen LogP contribution in [-0.2, 0) is 14.8 Å². The summed E-state index contributed by atoms with van der Waals surface area (Å²) in [6, 6.07) is 7.38. The van der Waals surface area contributed by atoms with Gasteiger partial charge in [-0.1, -0.05) is 13.3 Å². The zero-order chi connectivity index (χ0) is 20.6. The molecule has 158 valence electrons. The maximum absolute atomic E-state index is 12.4. The molecule has 0 spiro atoms. The van der Waals surface area contributed by atoms with Crippen molar-refractivity contribution in [3.05, 3.63) is 24.3 Å². The van der Waals surface area contributed by atoms with E-state index in [0.717, 1.165) is 24.3 Å². The summed E-state index contributed by atoms with van der Waals surface area (Å²) in [4.78, 5) is 12.4. The molecule has 3 N–H and O–H groups in total. The Bertz CT molecular complexity index is 711. The fourth-order valence-electron chi connectivity index (χ4n) is 3.05. The van der Waals surface area contributed by atoms with Crippen molar-refractivity contribution in [2.75, 3.05) is 12.0 Å². The van der Waals surface area contributed by atoms with E-state index in [2.05, 4.69) is 22.5 Å². The highest BCUT2D eigenvalue weighted by Crippen LogP contribution is 2.25. The van der Waals surface area contributed by atoms with Gasteiger partial charge in [-0.15, -0.1) is 0 Å². The Morgan fingerprint density at radius 1 is 1.14 bits per heavy atom. The first kappa shape index (κ1) is 22.5. The van der Waals surface area contributed by atoms with Crippen LogP contribution in [0.5, 0.6) is 5.75 Å². The normalized spacial score (nSPS) is 20.0. The number of nitrogens with one attached hydrogen (secondary N) is 3. The molecule has 0 saturated heterocycles. The minimum Gasteiger partial charge on any atom is -0.494 e. The molecule has 2 rings (SSSR count). The van der Waals surface area contributed by atoms with Crippen molar-refractivity contribution in [1.82, 2.24) is 10.1 Å². The van der Waals surface area contributed by atoms with E-state index in [1.54, 1.807) is 13.8 Å². The van der Waals surface area contributed by atoms with E-state index in [1.807, 2.05) is 24.3 Å². The molecule has 1 saturated carbocycles. The molecule has 28 heavy (non-hydrogen) atoms. The van der Waals surface area contributed by atoms with Gasteiger partial charge in [-0.05, 0) is 70.2 Å². The Hall–Kier alpha value is -1.80. The van der Waals surface area contributed by atoms with Crippen LogP contribution in [0.25, 0.3) is 0 Å².